The van der Waals surface area contributed by atoms with E-state index in [4.69, 9.17) is 16.3 Å². The number of amides is 1. The van der Waals surface area contributed by atoms with E-state index in [1.165, 1.54) is 0 Å². The first-order valence-corrected chi connectivity index (χ1v) is 11.9. The van der Waals surface area contributed by atoms with Crippen LogP contribution < -0.4 is 5.32 Å². The molecule has 1 aliphatic carbocycles. The number of hydrogen-bond donors (Lipinski definition) is 2. The summed E-state index contributed by atoms with van der Waals surface area (Å²) < 4.78 is 6.13. The van der Waals surface area contributed by atoms with Gasteiger partial charge in [0.2, 0.25) is 0 Å². The number of ether oxygens (including phenoxy) is 1. The molecule has 5 rings (SSSR count). The fraction of sp³-hybridized carbons (Fsp3) is 0.214. The lowest BCUT2D eigenvalue weighted by atomic mass is 10.1. The first-order chi connectivity index (χ1) is 16.7. The molecule has 34 heavy (non-hydrogen) atoms. The fourth-order valence-electron chi connectivity index (χ4n) is 4.36. The average molecular weight is 472 g/mol. The van der Waals surface area contributed by atoms with Crippen LogP contribution in [0.2, 0.25) is 5.02 Å². The Hall–Kier alpha value is -3.41. The zero-order valence-corrected chi connectivity index (χ0v) is 19.5. The number of H-pyrrole nitrogens is 1. The first kappa shape index (κ1) is 22.4. The smallest absolute Gasteiger partial charge is 0.251 e. The molecular formula is C28H26ClN3O2. The van der Waals surface area contributed by atoms with Crippen molar-refractivity contribution in [2.24, 2.45) is 0 Å². The van der Waals surface area contributed by atoms with Crippen LogP contribution in [-0.4, -0.2) is 28.3 Å². The first-order valence-electron chi connectivity index (χ1n) is 11.5. The number of halogens is 1. The minimum Gasteiger partial charge on any atom is -0.371 e. The maximum atomic E-state index is 12.9. The van der Waals surface area contributed by atoms with Crippen molar-refractivity contribution < 1.29 is 9.53 Å². The molecule has 0 aliphatic heterocycles. The van der Waals surface area contributed by atoms with Crippen LogP contribution in [0.5, 0.6) is 0 Å². The number of rotatable bonds is 7. The van der Waals surface area contributed by atoms with Crippen molar-refractivity contribution in [3.05, 3.63) is 101 Å². The molecule has 1 amide bonds. The highest BCUT2D eigenvalue weighted by molar-refractivity contribution is 6.30. The molecule has 2 N–H and O–H groups in total. The summed E-state index contributed by atoms with van der Waals surface area (Å²) in [5.74, 6) is -0.0735. The van der Waals surface area contributed by atoms with E-state index in [9.17, 15) is 4.79 Å². The second-order valence-corrected chi connectivity index (χ2v) is 9.03. The summed E-state index contributed by atoms with van der Waals surface area (Å²) in [5, 5.41) is 11.4. The molecule has 5 nitrogen and oxygen atoms in total. The zero-order valence-electron chi connectivity index (χ0n) is 18.7. The Kier molecular flexibility index (Phi) is 6.74. The second-order valence-electron chi connectivity index (χ2n) is 8.60. The van der Waals surface area contributed by atoms with Crippen molar-refractivity contribution in [1.82, 2.24) is 15.5 Å². The second kappa shape index (κ2) is 10.2. The minimum atomic E-state index is -0.0735. The predicted octanol–water partition coefficient (Wildman–Crippen LogP) is 6.26. The Morgan fingerprint density at radius 1 is 0.971 bits per heavy atom. The Morgan fingerprint density at radius 3 is 2.47 bits per heavy atom. The van der Waals surface area contributed by atoms with Crippen LogP contribution in [-0.2, 0) is 11.3 Å². The molecule has 3 aromatic carbocycles. The molecule has 0 saturated heterocycles. The van der Waals surface area contributed by atoms with Crippen LogP contribution in [0.3, 0.4) is 0 Å². The zero-order chi connectivity index (χ0) is 23.3. The van der Waals surface area contributed by atoms with Gasteiger partial charge >= 0.3 is 0 Å². The van der Waals surface area contributed by atoms with Gasteiger partial charge in [0.25, 0.3) is 5.91 Å². The monoisotopic (exact) mass is 471 g/mol. The van der Waals surface area contributed by atoms with Gasteiger partial charge in [0, 0.05) is 16.1 Å². The van der Waals surface area contributed by atoms with Crippen LogP contribution in [0, 0.1) is 0 Å². The molecule has 2 atom stereocenters. The fourth-order valence-corrected chi connectivity index (χ4v) is 4.49. The van der Waals surface area contributed by atoms with Crippen molar-refractivity contribution >= 4 is 17.5 Å². The topological polar surface area (TPSA) is 67.0 Å². The number of aromatic nitrogens is 2. The maximum absolute atomic E-state index is 12.9. The van der Waals surface area contributed by atoms with Gasteiger partial charge in [-0.3, -0.25) is 9.89 Å². The van der Waals surface area contributed by atoms with Gasteiger partial charge in [-0.1, -0.05) is 66.2 Å². The lowest BCUT2D eigenvalue weighted by molar-refractivity contribution is 0.0272. The van der Waals surface area contributed by atoms with Crippen molar-refractivity contribution in [3.63, 3.8) is 0 Å². The summed E-state index contributed by atoms with van der Waals surface area (Å²) in [4.78, 5) is 12.9. The van der Waals surface area contributed by atoms with E-state index in [-0.39, 0.29) is 18.1 Å². The van der Waals surface area contributed by atoms with E-state index < -0.39 is 0 Å². The largest absolute Gasteiger partial charge is 0.371 e. The maximum Gasteiger partial charge on any atom is 0.251 e. The summed E-state index contributed by atoms with van der Waals surface area (Å²) >= 11 is 5.98. The summed E-state index contributed by atoms with van der Waals surface area (Å²) in [6.07, 6.45) is 2.99. The Balaban J connectivity index is 1.20. The molecule has 1 heterocycles. The molecule has 1 saturated carbocycles. The van der Waals surface area contributed by atoms with E-state index in [1.807, 2.05) is 72.8 Å². The summed E-state index contributed by atoms with van der Waals surface area (Å²) in [6.45, 7) is 0.564. The molecule has 0 radical (unpaired) electrons. The van der Waals surface area contributed by atoms with Gasteiger partial charge in [-0.25, -0.2) is 0 Å². The Morgan fingerprint density at radius 2 is 1.71 bits per heavy atom. The average Bonchev–Trinajstić information content (AvgIpc) is 3.54. The minimum absolute atomic E-state index is 0.0316. The number of nitrogens with zero attached hydrogens (tertiary/aromatic N) is 1. The summed E-state index contributed by atoms with van der Waals surface area (Å²) in [5.41, 5.74) is 5.47. The molecule has 0 spiro atoms. The van der Waals surface area contributed by atoms with Gasteiger partial charge in [0.15, 0.2) is 0 Å². The molecule has 1 fully saturated rings. The molecule has 1 aromatic heterocycles. The van der Waals surface area contributed by atoms with Gasteiger partial charge in [-0.15, -0.1) is 0 Å². The highest BCUT2D eigenvalue weighted by atomic mass is 35.5. The number of aromatic amines is 1. The number of carbonyl (C=O) groups is 1. The number of carbonyl (C=O) groups excluding carboxylic acids is 1. The third-order valence-corrected chi connectivity index (χ3v) is 6.50. The SMILES string of the molecule is O=C(N[C@H]1CCC[C@@H]1OCc1ccccc1)c1ccc(-c2cc(-c3ccc(Cl)cc3)[nH]n2)cc1. The molecule has 6 heteroatoms. The number of benzene rings is 3. The van der Waals surface area contributed by atoms with E-state index in [1.54, 1.807) is 0 Å². The third kappa shape index (κ3) is 5.22. The molecule has 4 aromatic rings. The van der Waals surface area contributed by atoms with Crippen molar-refractivity contribution in [2.45, 2.75) is 38.0 Å². The predicted molar refractivity (Wildman–Crippen MR) is 135 cm³/mol. The number of nitrogens with one attached hydrogen (secondary N) is 2. The number of hydrogen-bond acceptors (Lipinski definition) is 3. The van der Waals surface area contributed by atoms with Gasteiger partial charge in [0.05, 0.1) is 30.1 Å². The molecule has 1 aliphatic rings. The van der Waals surface area contributed by atoms with Crippen LogP contribution in [0.1, 0.15) is 35.2 Å². The lowest BCUT2D eigenvalue weighted by Gasteiger charge is -2.21. The van der Waals surface area contributed by atoms with E-state index in [0.717, 1.165) is 47.3 Å². The van der Waals surface area contributed by atoms with E-state index in [2.05, 4.69) is 27.6 Å². The summed E-state index contributed by atoms with van der Waals surface area (Å²) in [6, 6.07) is 27.3. The Labute approximate surface area is 204 Å². The summed E-state index contributed by atoms with van der Waals surface area (Å²) in [7, 11) is 0. The highest BCUT2D eigenvalue weighted by Crippen LogP contribution is 2.26. The van der Waals surface area contributed by atoms with Crippen LogP contribution in [0.25, 0.3) is 22.5 Å². The standard InChI is InChI=1S/C28H26ClN3O2/c29-23-15-13-21(14-16-23)26-17-25(31-32-26)20-9-11-22(12-10-20)28(33)30-24-7-4-8-27(24)34-18-19-5-2-1-3-6-19/h1-3,5-6,9-17,24,27H,4,7-8,18H2,(H,30,33)(H,31,32)/t24-,27-/m0/s1. The molecule has 0 unspecified atom stereocenters. The van der Waals surface area contributed by atoms with Crippen LogP contribution >= 0.6 is 11.6 Å². The highest BCUT2D eigenvalue weighted by Gasteiger charge is 2.29. The molecule has 0 bridgehead atoms. The van der Waals surface area contributed by atoms with E-state index in [0.29, 0.717) is 17.2 Å². The third-order valence-electron chi connectivity index (χ3n) is 6.25. The Bertz CT molecular complexity index is 1240. The van der Waals surface area contributed by atoms with Gasteiger partial charge in [0.1, 0.15) is 0 Å². The van der Waals surface area contributed by atoms with Gasteiger partial charge in [-0.05, 0) is 60.7 Å². The molecular weight excluding hydrogens is 446 g/mol. The lowest BCUT2D eigenvalue weighted by Crippen LogP contribution is -2.41. The van der Waals surface area contributed by atoms with Gasteiger partial charge in [-0.2, -0.15) is 5.10 Å². The van der Waals surface area contributed by atoms with Crippen LogP contribution in [0.15, 0.2) is 84.9 Å². The normalized spacial score (nSPS) is 17.6. The quantitative estimate of drug-likeness (QED) is 0.334. The van der Waals surface area contributed by atoms with Gasteiger partial charge < -0.3 is 10.1 Å². The van der Waals surface area contributed by atoms with E-state index >= 15 is 0 Å². The van der Waals surface area contributed by atoms with Crippen molar-refractivity contribution in [1.29, 1.82) is 0 Å². The van der Waals surface area contributed by atoms with Crippen molar-refractivity contribution in [3.8, 4) is 22.5 Å². The molecule has 172 valence electrons. The van der Waals surface area contributed by atoms with Crippen molar-refractivity contribution in [2.75, 3.05) is 0 Å². The van der Waals surface area contributed by atoms with Crippen LogP contribution in [0.4, 0.5) is 0 Å².